The summed E-state index contributed by atoms with van der Waals surface area (Å²) in [6, 6.07) is 3.45. The van der Waals surface area contributed by atoms with Crippen LogP contribution in [0.15, 0.2) is 43.1 Å². The van der Waals surface area contributed by atoms with Gasteiger partial charge >= 0.3 is 0 Å². The molecule has 0 unspecified atom stereocenters. The highest BCUT2D eigenvalue weighted by atomic mass is 16.5. The molecule has 3 N–H and O–H groups in total. The largest absolute Gasteiger partial charge is 0.383 e. The van der Waals surface area contributed by atoms with Crippen LogP contribution in [0.5, 0.6) is 0 Å². The highest BCUT2D eigenvalue weighted by molar-refractivity contribution is 6.08. The van der Waals surface area contributed by atoms with Gasteiger partial charge < -0.3 is 15.8 Å². The normalized spacial score (nSPS) is 10.7. The topological polar surface area (TPSA) is 108 Å². The number of rotatable bonds is 6. The number of carbonyl (C=O) groups is 1. The minimum atomic E-state index is -0.321. The monoisotopic (exact) mass is 352 g/mol. The molecule has 0 aromatic carbocycles. The molecule has 0 spiro atoms. The number of ether oxygens (including phenoxy) is 1. The van der Waals surface area contributed by atoms with Crippen molar-refractivity contribution in [3.63, 3.8) is 0 Å². The van der Waals surface area contributed by atoms with Crippen LogP contribution < -0.4 is 11.1 Å². The lowest BCUT2D eigenvalue weighted by molar-refractivity contribution is 0.102. The molecular formula is C18H20N6O2. The number of anilines is 2. The predicted octanol–water partition coefficient (Wildman–Crippen LogP) is 2.13. The Morgan fingerprint density at radius 2 is 2.15 bits per heavy atom. The Kier molecular flexibility index (Phi) is 5.23. The predicted molar refractivity (Wildman–Crippen MR) is 98.7 cm³/mol. The van der Waals surface area contributed by atoms with Crippen LogP contribution in [0.2, 0.25) is 0 Å². The van der Waals surface area contributed by atoms with Crippen molar-refractivity contribution in [1.29, 1.82) is 0 Å². The molecule has 0 aliphatic carbocycles. The Hall–Kier alpha value is -3.26. The van der Waals surface area contributed by atoms with E-state index in [0.717, 1.165) is 16.7 Å². The highest BCUT2D eigenvalue weighted by Gasteiger charge is 2.14. The molecule has 3 heterocycles. The summed E-state index contributed by atoms with van der Waals surface area (Å²) < 4.78 is 6.82. The average Bonchev–Trinajstić information content (AvgIpc) is 3.11. The number of carbonyl (C=O) groups excluding carboxylic acids is 1. The first-order chi connectivity index (χ1) is 12.6. The molecule has 0 fully saturated rings. The zero-order valence-electron chi connectivity index (χ0n) is 14.6. The standard InChI is InChI=1S/C18H20N6O2/c1-12-8-20-4-3-16(12)23-18(25)15-7-13(9-21-17(15)19)14-10-22-24(11-14)5-6-26-2/h3-4,7-11H,5-6H2,1-2H3,(H2,19,21)(H,20,23,25). The van der Waals surface area contributed by atoms with E-state index in [9.17, 15) is 4.79 Å². The number of hydrogen-bond donors (Lipinski definition) is 2. The second-order valence-electron chi connectivity index (χ2n) is 5.79. The molecule has 8 heteroatoms. The van der Waals surface area contributed by atoms with Crippen molar-refractivity contribution in [2.45, 2.75) is 13.5 Å². The minimum Gasteiger partial charge on any atom is -0.383 e. The second-order valence-corrected chi connectivity index (χ2v) is 5.79. The van der Waals surface area contributed by atoms with Gasteiger partial charge in [-0.05, 0) is 24.6 Å². The molecule has 0 atom stereocenters. The van der Waals surface area contributed by atoms with Crippen molar-refractivity contribution < 1.29 is 9.53 Å². The molecular weight excluding hydrogens is 332 g/mol. The Bertz CT molecular complexity index is 922. The number of aromatic nitrogens is 4. The highest BCUT2D eigenvalue weighted by Crippen LogP contribution is 2.23. The lowest BCUT2D eigenvalue weighted by Crippen LogP contribution is -2.15. The van der Waals surface area contributed by atoms with Crippen LogP contribution in [0, 0.1) is 6.92 Å². The van der Waals surface area contributed by atoms with Gasteiger partial charge in [-0.2, -0.15) is 5.10 Å². The van der Waals surface area contributed by atoms with E-state index in [1.807, 2.05) is 13.1 Å². The van der Waals surface area contributed by atoms with Gasteiger partial charge in [0.1, 0.15) is 5.82 Å². The maximum Gasteiger partial charge on any atom is 0.259 e. The molecule has 0 saturated heterocycles. The van der Waals surface area contributed by atoms with Gasteiger partial charge in [0.25, 0.3) is 5.91 Å². The Morgan fingerprint density at radius 1 is 1.31 bits per heavy atom. The minimum absolute atomic E-state index is 0.171. The number of aryl methyl sites for hydroxylation is 1. The molecule has 0 bridgehead atoms. The van der Waals surface area contributed by atoms with Crippen molar-refractivity contribution >= 4 is 17.4 Å². The lowest BCUT2D eigenvalue weighted by Gasteiger charge is -2.10. The number of nitrogens with two attached hydrogens (primary N) is 1. The molecule has 3 aromatic heterocycles. The van der Waals surface area contributed by atoms with E-state index in [-0.39, 0.29) is 11.7 Å². The molecule has 0 aliphatic rings. The fraction of sp³-hybridized carbons (Fsp3) is 0.222. The van der Waals surface area contributed by atoms with Gasteiger partial charge in [-0.25, -0.2) is 4.98 Å². The molecule has 1 amide bonds. The first-order valence-electron chi connectivity index (χ1n) is 8.07. The zero-order valence-corrected chi connectivity index (χ0v) is 14.6. The van der Waals surface area contributed by atoms with Gasteiger partial charge in [-0.15, -0.1) is 0 Å². The van der Waals surface area contributed by atoms with Crippen LogP contribution in [0.3, 0.4) is 0 Å². The number of nitrogens with one attached hydrogen (secondary N) is 1. The Balaban J connectivity index is 1.84. The third-order valence-electron chi connectivity index (χ3n) is 3.92. The van der Waals surface area contributed by atoms with Gasteiger partial charge in [0, 0.05) is 48.7 Å². The number of pyridine rings is 2. The van der Waals surface area contributed by atoms with E-state index in [4.69, 9.17) is 10.5 Å². The average molecular weight is 352 g/mol. The SMILES string of the molecule is COCCn1cc(-c2cnc(N)c(C(=O)Nc3ccncc3C)c2)cn1. The van der Waals surface area contributed by atoms with Crippen molar-refractivity contribution in [1.82, 2.24) is 19.7 Å². The summed E-state index contributed by atoms with van der Waals surface area (Å²) in [6.45, 7) is 3.09. The van der Waals surface area contributed by atoms with E-state index in [1.54, 1.807) is 48.7 Å². The van der Waals surface area contributed by atoms with Crippen LogP contribution in [0.4, 0.5) is 11.5 Å². The zero-order chi connectivity index (χ0) is 18.5. The van der Waals surface area contributed by atoms with Crippen LogP contribution in [-0.2, 0) is 11.3 Å². The van der Waals surface area contributed by atoms with Gasteiger partial charge in [-0.1, -0.05) is 0 Å². The van der Waals surface area contributed by atoms with E-state index < -0.39 is 0 Å². The first kappa shape index (κ1) is 17.6. The summed E-state index contributed by atoms with van der Waals surface area (Å²) in [7, 11) is 1.64. The lowest BCUT2D eigenvalue weighted by atomic mass is 10.1. The van der Waals surface area contributed by atoms with E-state index in [2.05, 4.69) is 20.4 Å². The molecule has 134 valence electrons. The van der Waals surface area contributed by atoms with E-state index in [1.165, 1.54) is 0 Å². The third-order valence-corrected chi connectivity index (χ3v) is 3.92. The van der Waals surface area contributed by atoms with Crippen LogP contribution in [0.25, 0.3) is 11.1 Å². The Morgan fingerprint density at radius 3 is 2.92 bits per heavy atom. The first-order valence-corrected chi connectivity index (χ1v) is 8.07. The molecule has 3 rings (SSSR count). The number of nitrogens with zero attached hydrogens (tertiary/aromatic N) is 4. The van der Waals surface area contributed by atoms with Crippen LogP contribution in [-0.4, -0.2) is 39.4 Å². The third kappa shape index (κ3) is 3.86. The molecule has 8 nitrogen and oxygen atoms in total. The van der Waals surface area contributed by atoms with Gasteiger partial charge in [0.15, 0.2) is 0 Å². The summed E-state index contributed by atoms with van der Waals surface area (Å²) in [4.78, 5) is 20.8. The fourth-order valence-corrected chi connectivity index (χ4v) is 2.44. The smallest absolute Gasteiger partial charge is 0.259 e. The van der Waals surface area contributed by atoms with Crippen molar-refractivity contribution in [3.8, 4) is 11.1 Å². The fourth-order valence-electron chi connectivity index (χ4n) is 2.44. The molecule has 3 aromatic rings. The quantitative estimate of drug-likeness (QED) is 0.703. The molecule has 0 radical (unpaired) electrons. The number of nitrogen functional groups attached to an aromatic ring is 1. The summed E-state index contributed by atoms with van der Waals surface area (Å²) in [5.74, 6) is -0.150. The van der Waals surface area contributed by atoms with Crippen LogP contribution >= 0.6 is 0 Å². The molecule has 26 heavy (non-hydrogen) atoms. The second kappa shape index (κ2) is 7.75. The van der Waals surface area contributed by atoms with Gasteiger partial charge in [0.05, 0.1) is 24.9 Å². The molecule has 0 aliphatic heterocycles. The summed E-state index contributed by atoms with van der Waals surface area (Å²) in [6.07, 6.45) is 8.52. The maximum absolute atomic E-state index is 12.6. The van der Waals surface area contributed by atoms with E-state index in [0.29, 0.717) is 24.4 Å². The van der Waals surface area contributed by atoms with Crippen LogP contribution in [0.1, 0.15) is 15.9 Å². The van der Waals surface area contributed by atoms with Crippen molar-refractivity contribution in [2.75, 3.05) is 24.8 Å². The summed E-state index contributed by atoms with van der Waals surface area (Å²) in [5.41, 5.74) is 9.38. The maximum atomic E-state index is 12.6. The van der Waals surface area contributed by atoms with Gasteiger partial charge in [-0.3, -0.25) is 14.5 Å². The van der Waals surface area contributed by atoms with Gasteiger partial charge in [0.2, 0.25) is 0 Å². The Labute approximate surface area is 151 Å². The summed E-state index contributed by atoms with van der Waals surface area (Å²) >= 11 is 0. The van der Waals surface area contributed by atoms with E-state index >= 15 is 0 Å². The molecule has 0 saturated carbocycles. The van der Waals surface area contributed by atoms with Crippen molar-refractivity contribution in [3.05, 3.63) is 54.2 Å². The number of hydrogen-bond acceptors (Lipinski definition) is 6. The number of methoxy groups -OCH3 is 1. The van der Waals surface area contributed by atoms with Crippen molar-refractivity contribution in [2.24, 2.45) is 0 Å². The summed E-state index contributed by atoms with van der Waals surface area (Å²) in [5, 5.41) is 7.12. The number of amides is 1.